The van der Waals surface area contributed by atoms with Crippen LogP contribution in [-0.2, 0) is 26.1 Å². The number of aromatic hydroxyl groups is 2. The van der Waals surface area contributed by atoms with Gasteiger partial charge in [0.15, 0.2) is 46.0 Å². The molecule has 0 fully saturated rings. The summed E-state index contributed by atoms with van der Waals surface area (Å²) in [5.41, 5.74) is 3.27. The molecule has 52 heavy (non-hydrogen) atoms. The molecule has 0 amide bonds. The highest BCUT2D eigenvalue weighted by Crippen LogP contribution is 2.40. The number of ether oxygens (including phenoxy) is 8. The Balaban J connectivity index is 1.49. The van der Waals surface area contributed by atoms with Crippen LogP contribution in [0.15, 0.2) is 60.7 Å². The monoisotopic (exact) mass is 722 g/mol. The minimum Gasteiger partial charge on any atom is -0.504 e. The molecule has 0 aliphatic heterocycles. The van der Waals surface area contributed by atoms with Gasteiger partial charge in [-0.15, -0.1) is 0 Å². The molecule has 0 saturated carbocycles. The van der Waals surface area contributed by atoms with Gasteiger partial charge in [-0.2, -0.15) is 0 Å². The lowest BCUT2D eigenvalue weighted by Gasteiger charge is -2.26. The van der Waals surface area contributed by atoms with Gasteiger partial charge < -0.3 is 58.3 Å². The smallest absolute Gasteiger partial charge is 0.203 e. The molecular formula is C40H50O12. The summed E-state index contributed by atoms with van der Waals surface area (Å²) in [7, 11) is 9.22. The van der Waals surface area contributed by atoms with Crippen LogP contribution in [0.2, 0.25) is 0 Å². The van der Waals surface area contributed by atoms with Gasteiger partial charge in [-0.1, -0.05) is 12.1 Å². The molecule has 12 heteroatoms. The van der Waals surface area contributed by atoms with E-state index in [0.717, 1.165) is 22.3 Å². The summed E-state index contributed by atoms with van der Waals surface area (Å²) >= 11 is 0. The molecule has 0 aliphatic rings. The van der Waals surface area contributed by atoms with Crippen LogP contribution in [-0.4, -0.2) is 76.3 Å². The van der Waals surface area contributed by atoms with E-state index in [9.17, 15) is 20.4 Å². The maximum atomic E-state index is 10.6. The van der Waals surface area contributed by atoms with E-state index in [1.165, 1.54) is 42.7 Å². The van der Waals surface area contributed by atoms with Crippen molar-refractivity contribution in [2.75, 3.05) is 55.9 Å². The first-order valence-corrected chi connectivity index (χ1v) is 16.9. The Morgan fingerprint density at radius 3 is 1.21 bits per heavy atom. The van der Waals surface area contributed by atoms with Crippen molar-refractivity contribution < 1.29 is 58.3 Å². The van der Waals surface area contributed by atoms with Gasteiger partial charge in [0.25, 0.3) is 0 Å². The van der Waals surface area contributed by atoms with Crippen LogP contribution in [0.5, 0.6) is 57.5 Å². The average Bonchev–Trinajstić information content (AvgIpc) is 3.17. The summed E-state index contributed by atoms with van der Waals surface area (Å²) in [5.74, 6) is 3.27. The SMILES string of the molecule is COc1cc(COc2cc(C[C@@H](CO)[C@H](CCCO)Cc3ccc(O)c(OCc4cc(OC)c(OC)c(OC)c4)c3)ccc2O)cc(OC)c1OC. The quantitative estimate of drug-likeness (QED) is 0.0787. The normalized spacial score (nSPS) is 12.1. The number of methoxy groups -OCH3 is 6. The van der Waals surface area contributed by atoms with Crippen LogP contribution in [0, 0.1) is 11.8 Å². The molecule has 4 rings (SSSR count). The molecule has 0 unspecified atom stereocenters. The molecule has 0 bridgehead atoms. The number of aliphatic hydroxyl groups is 2. The van der Waals surface area contributed by atoms with Crippen molar-refractivity contribution in [1.29, 1.82) is 0 Å². The zero-order valence-electron chi connectivity index (χ0n) is 30.6. The molecule has 12 nitrogen and oxygen atoms in total. The van der Waals surface area contributed by atoms with Gasteiger partial charge in [0.1, 0.15) is 13.2 Å². The lowest BCUT2D eigenvalue weighted by atomic mass is 9.80. The molecule has 2 atom stereocenters. The number of aliphatic hydroxyl groups excluding tert-OH is 2. The van der Waals surface area contributed by atoms with Crippen LogP contribution >= 0.6 is 0 Å². The Labute approximate surface area is 305 Å². The van der Waals surface area contributed by atoms with E-state index in [4.69, 9.17) is 37.9 Å². The molecule has 0 radical (unpaired) electrons. The first-order chi connectivity index (χ1) is 25.2. The van der Waals surface area contributed by atoms with Gasteiger partial charge >= 0.3 is 0 Å². The Kier molecular flexibility index (Phi) is 14.8. The zero-order valence-corrected chi connectivity index (χ0v) is 30.6. The highest BCUT2D eigenvalue weighted by atomic mass is 16.5. The van der Waals surface area contributed by atoms with Crippen molar-refractivity contribution in [3.8, 4) is 57.5 Å². The summed E-state index contributed by atoms with van der Waals surface area (Å²) in [6, 6.07) is 17.5. The molecule has 4 N–H and O–H groups in total. The number of benzene rings is 4. The molecule has 0 heterocycles. The van der Waals surface area contributed by atoms with E-state index in [0.29, 0.717) is 71.7 Å². The van der Waals surface area contributed by atoms with Crippen molar-refractivity contribution in [3.63, 3.8) is 0 Å². The Hall–Kier alpha value is -5.20. The van der Waals surface area contributed by atoms with E-state index < -0.39 is 0 Å². The molecular weight excluding hydrogens is 672 g/mol. The van der Waals surface area contributed by atoms with Gasteiger partial charge in [-0.25, -0.2) is 0 Å². The van der Waals surface area contributed by atoms with Gasteiger partial charge in [-0.3, -0.25) is 0 Å². The van der Waals surface area contributed by atoms with E-state index in [1.54, 1.807) is 48.5 Å². The van der Waals surface area contributed by atoms with Crippen molar-refractivity contribution in [2.45, 2.75) is 38.9 Å². The first kappa shape index (κ1) is 39.6. The van der Waals surface area contributed by atoms with Gasteiger partial charge in [0.2, 0.25) is 11.5 Å². The van der Waals surface area contributed by atoms with Gasteiger partial charge in [0.05, 0.1) is 42.7 Å². The lowest BCUT2D eigenvalue weighted by molar-refractivity contribution is 0.158. The van der Waals surface area contributed by atoms with Crippen LogP contribution < -0.4 is 37.9 Å². The zero-order chi connectivity index (χ0) is 37.6. The second-order valence-corrected chi connectivity index (χ2v) is 12.2. The van der Waals surface area contributed by atoms with Crippen molar-refractivity contribution >= 4 is 0 Å². The number of hydrogen-bond donors (Lipinski definition) is 4. The second kappa shape index (κ2) is 19.4. The number of hydrogen-bond acceptors (Lipinski definition) is 12. The van der Waals surface area contributed by atoms with Gasteiger partial charge in [0, 0.05) is 13.2 Å². The summed E-state index contributed by atoms with van der Waals surface area (Å²) in [6.45, 7) is 0.180. The summed E-state index contributed by atoms with van der Waals surface area (Å²) < 4.78 is 44.7. The third-order valence-corrected chi connectivity index (χ3v) is 8.92. The lowest BCUT2D eigenvalue weighted by Crippen LogP contribution is -2.23. The largest absolute Gasteiger partial charge is 0.504 e. The van der Waals surface area contributed by atoms with Crippen molar-refractivity contribution in [3.05, 3.63) is 82.9 Å². The Morgan fingerprint density at radius 1 is 0.481 bits per heavy atom. The number of phenols is 2. The standard InChI is InChI=1S/C40H50O12/c1-45-35-18-27(19-36(46-2)39(35)49-5)23-51-33-16-25(9-11-31(33)43)14-29(8-7-13-41)30(22-42)15-26-10-12-32(44)34(17-26)52-24-28-20-37(47-3)40(50-6)38(21-28)48-4/h9-12,16-21,29-30,41-44H,7-8,13-15,22-24H2,1-6H3/t29-,30+/m1/s1. The maximum absolute atomic E-state index is 10.6. The topological polar surface area (TPSA) is 155 Å². The Morgan fingerprint density at radius 2 is 0.865 bits per heavy atom. The van der Waals surface area contributed by atoms with Gasteiger partial charge in [-0.05, 0) is 108 Å². The van der Waals surface area contributed by atoms with Crippen LogP contribution in [0.1, 0.15) is 35.1 Å². The average molecular weight is 723 g/mol. The minimum absolute atomic E-state index is 0.00930. The molecule has 0 aliphatic carbocycles. The molecule has 4 aromatic rings. The minimum atomic E-state index is -0.184. The summed E-state index contributed by atoms with van der Waals surface area (Å²) in [4.78, 5) is 0. The van der Waals surface area contributed by atoms with Crippen LogP contribution in [0.3, 0.4) is 0 Å². The van der Waals surface area contributed by atoms with Crippen molar-refractivity contribution in [1.82, 2.24) is 0 Å². The van der Waals surface area contributed by atoms with E-state index >= 15 is 0 Å². The molecule has 4 aromatic carbocycles. The van der Waals surface area contributed by atoms with E-state index in [1.807, 2.05) is 12.1 Å². The Bertz CT molecular complexity index is 1690. The highest BCUT2D eigenvalue weighted by Gasteiger charge is 2.23. The second-order valence-electron chi connectivity index (χ2n) is 12.2. The van der Waals surface area contributed by atoms with E-state index in [-0.39, 0.29) is 49.8 Å². The third-order valence-electron chi connectivity index (χ3n) is 8.92. The fourth-order valence-electron chi connectivity index (χ4n) is 6.21. The highest BCUT2D eigenvalue weighted by molar-refractivity contribution is 5.55. The van der Waals surface area contributed by atoms with E-state index in [2.05, 4.69) is 0 Å². The van der Waals surface area contributed by atoms with Crippen LogP contribution in [0.4, 0.5) is 0 Å². The maximum Gasteiger partial charge on any atom is 0.203 e. The number of phenolic OH excluding ortho intramolecular Hbond substituents is 2. The first-order valence-electron chi connectivity index (χ1n) is 16.9. The summed E-state index contributed by atoms with van der Waals surface area (Å²) in [5, 5.41) is 41.6. The number of rotatable bonds is 21. The fourth-order valence-corrected chi connectivity index (χ4v) is 6.21. The third kappa shape index (κ3) is 9.98. The fraction of sp³-hybridized carbons (Fsp3) is 0.400. The molecule has 0 spiro atoms. The molecule has 0 aromatic heterocycles. The predicted molar refractivity (Wildman–Crippen MR) is 195 cm³/mol. The molecule has 0 saturated heterocycles. The predicted octanol–water partition coefficient (Wildman–Crippen LogP) is 6.09. The van der Waals surface area contributed by atoms with Crippen molar-refractivity contribution in [2.24, 2.45) is 11.8 Å². The summed E-state index contributed by atoms with van der Waals surface area (Å²) in [6.07, 6.45) is 2.28. The van der Waals surface area contributed by atoms with Crippen LogP contribution in [0.25, 0.3) is 0 Å². The molecule has 282 valence electrons.